The van der Waals surface area contributed by atoms with E-state index in [1.807, 2.05) is 0 Å². The summed E-state index contributed by atoms with van der Waals surface area (Å²) < 4.78 is 9.69. The molecule has 0 unspecified atom stereocenters. The number of benzene rings is 1. The van der Waals surface area contributed by atoms with Gasteiger partial charge in [-0.25, -0.2) is 9.78 Å². The molecule has 0 fully saturated rings. The minimum absolute atomic E-state index is 0.245. The van der Waals surface area contributed by atoms with E-state index in [-0.39, 0.29) is 5.97 Å². The third-order valence-corrected chi connectivity index (χ3v) is 2.95. The molecule has 0 atom stereocenters. The highest BCUT2D eigenvalue weighted by atomic mass is 16.5. The number of hydrogen-bond acceptors (Lipinski definition) is 5. The van der Waals surface area contributed by atoms with Gasteiger partial charge in [-0.3, -0.25) is 4.79 Å². The summed E-state index contributed by atoms with van der Waals surface area (Å²) in [4.78, 5) is 27.0. The van der Waals surface area contributed by atoms with E-state index in [9.17, 15) is 9.59 Å². The van der Waals surface area contributed by atoms with Gasteiger partial charge in [0.15, 0.2) is 5.89 Å². The topological polar surface area (TPSA) is 69.4 Å². The second-order valence-electron chi connectivity index (χ2n) is 4.45. The molecule has 0 saturated carbocycles. The molecule has 0 N–H and O–H groups in total. The van der Waals surface area contributed by atoms with Crippen molar-refractivity contribution in [3.8, 4) is 0 Å². The van der Waals surface area contributed by atoms with E-state index in [0.29, 0.717) is 47.9 Å². The molecule has 1 aromatic heterocycles. The molecule has 1 aromatic carbocycles. The van der Waals surface area contributed by atoms with Gasteiger partial charge in [-0.05, 0) is 25.0 Å². The number of carbonyl (C=O) groups excluding carboxylic acids is 1. The Labute approximate surface area is 117 Å². The first-order valence-corrected chi connectivity index (χ1v) is 6.36. The molecular formula is C14H14BNO4. The number of rotatable bonds is 5. The van der Waals surface area contributed by atoms with Crippen molar-refractivity contribution in [2.24, 2.45) is 0 Å². The summed E-state index contributed by atoms with van der Waals surface area (Å²) in [5, 5.41) is 0.414. The Morgan fingerprint density at radius 1 is 1.40 bits per heavy atom. The van der Waals surface area contributed by atoms with Gasteiger partial charge in [-0.1, -0.05) is 11.5 Å². The Bertz CT molecular complexity index is 680. The highest BCUT2D eigenvalue weighted by molar-refractivity contribution is 6.33. The molecule has 0 aliphatic carbocycles. The van der Waals surface area contributed by atoms with Crippen LogP contribution in [0.5, 0.6) is 0 Å². The molecule has 0 amide bonds. The van der Waals surface area contributed by atoms with E-state index >= 15 is 0 Å². The SMILES string of the molecule is [B]c1ccc2c(=O)oc(CCCCC(=O)OC)nc2c1. The Morgan fingerprint density at radius 2 is 2.20 bits per heavy atom. The molecular weight excluding hydrogens is 257 g/mol. The van der Waals surface area contributed by atoms with Gasteiger partial charge in [-0.15, -0.1) is 0 Å². The summed E-state index contributed by atoms with van der Waals surface area (Å²) in [5.41, 5.74) is 0.662. The van der Waals surface area contributed by atoms with Gasteiger partial charge in [0, 0.05) is 12.8 Å². The average molecular weight is 271 g/mol. The minimum atomic E-state index is -0.419. The van der Waals surface area contributed by atoms with Crippen LogP contribution in [0.15, 0.2) is 27.4 Å². The molecule has 0 bridgehead atoms. The van der Waals surface area contributed by atoms with Crippen LogP contribution in [-0.4, -0.2) is 25.9 Å². The van der Waals surface area contributed by atoms with Crippen molar-refractivity contribution in [1.82, 2.24) is 4.98 Å². The number of nitrogens with zero attached hydrogens (tertiary/aromatic N) is 1. The van der Waals surface area contributed by atoms with E-state index in [1.165, 1.54) is 7.11 Å². The molecule has 0 spiro atoms. The van der Waals surface area contributed by atoms with Crippen LogP contribution in [0, 0.1) is 0 Å². The maximum Gasteiger partial charge on any atom is 0.346 e. The van der Waals surface area contributed by atoms with Gasteiger partial charge >= 0.3 is 11.6 Å². The van der Waals surface area contributed by atoms with Gasteiger partial charge in [0.05, 0.1) is 18.0 Å². The smallest absolute Gasteiger partial charge is 0.346 e. The first kappa shape index (κ1) is 14.3. The molecule has 2 aromatic rings. The normalized spacial score (nSPS) is 10.7. The van der Waals surface area contributed by atoms with Crippen molar-refractivity contribution in [3.05, 3.63) is 34.5 Å². The second kappa shape index (κ2) is 6.37. The fourth-order valence-corrected chi connectivity index (χ4v) is 1.89. The van der Waals surface area contributed by atoms with Crippen LogP contribution in [-0.2, 0) is 16.0 Å². The minimum Gasteiger partial charge on any atom is -0.469 e. The predicted molar refractivity (Wildman–Crippen MR) is 75.2 cm³/mol. The third-order valence-electron chi connectivity index (χ3n) is 2.95. The van der Waals surface area contributed by atoms with Crippen LogP contribution < -0.4 is 11.1 Å². The zero-order chi connectivity index (χ0) is 14.5. The number of aromatic nitrogens is 1. The van der Waals surface area contributed by atoms with Crippen molar-refractivity contribution >= 4 is 30.2 Å². The fourth-order valence-electron chi connectivity index (χ4n) is 1.89. The van der Waals surface area contributed by atoms with Gasteiger partial charge in [0.2, 0.25) is 0 Å². The standard InChI is InChI=1S/C14H14BNO4/c1-19-13(17)5-3-2-4-12-16-11-8-9(15)6-7-10(11)14(18)20-12/h6-8H,2-5H2,1H3. The maximum atomic E-state index is 11.8. The predicted octanol–water partition coefficient (Wildman–Crippen LogP) is 0.868. The van der Waals surface area contributed by atoms with Gasteiger partial charge in [0.25, 0.3) is 0 Å². The number of esters is 1. The van der Waals surface area contributed by atoms with E-state index in [2.05, 4.69) is 9.72 Å². The summed E-state index contributed by atoms with van der Waals surface area (Å²) in [6.07, 6.45) is 2.20. The molecule has 20 heavy (non-hydrogen) atoms. The quantitative estimate of drug-likeness (QED) is 0.458. The molecule has 0 aliphatic rings. The number of aryl methyl sites for hydroxylation is 1. The molecule has 5 nitrogen and oxygen atoms in total. The van der Waals surface area contributed by atoms with Gasteiger partial charge in [-0.2, -0.15) is 0 Å². The van der Waals surface area contributed by atoms with E-state index in [0.717, 1.165) is 0 Å². The number of methoxy groups -OCH3 is 1. The number of fused-ring (bicyclic) bond motifs is 1. The first-order chi connectivity index (χ1) is 9.60. The highest BCUT2D eigenvalue weighted by Crippen LogP contribution is 2.09. The summed E-state index contributed by atoms with van der Waals surface area (Å²) in [6, 6.07) is 4.88. The number of hydrogen-bond donors (Lipinski definition) is 0. The van der Waals surface area contributed by atoms with Crippen LogP contribution in [0.1, 0.15) is 25.2 Å². The average Bonchev–Trinajstić information content (AvgIpc) is 2.42. The van der Waals surface area contributed by atoms with Crippen molar-refractivity contribution in [1.29, 1.82) is 0 Å². The van der Waals surface area contributed by atoms with Crippen molar-refractivity contribution < 1.29 is 13.9 Å². The molecule has 0 aliphatic heterocycles. The van der Waals surface area contributed by atoms with Gasteiger partial charge < -0.3 is 9.15 Å². The highest BCUT2D eigenvalue weighted by Gasteiger charge is 2.07. The monoisotopic (exact) mass is 271 g/mol. The summed E-state index contributed by atoms with van der Waals surface area (Å²) in [6.45, 7) is 0. The lowest BCUT2D eigenvalue weighted by atomic mass is 9.95. The first-order valence-electron chi connectivity index (χ1n) is 6.36. The molecule has 6 heteroatoms. The molecule has 1 heterocycles. The lowest BCUT2D eigenvalue weighted by Crippen LogP contribution is -2.09. The van der Waals surface area contributed by atoms with Crippen LogP contribution in [0.3, 0.4) is 0 Å². The van der Waals surface area contributed by atoms with Crippen molar-refractivity contribution in [2.45, 2.75) is 25.7 Å². The molecule has 2 rings (SSSR count). The Morgan fingerprint density at radius 3 is 2.95 bits per heavy atom. The maximum absolute atomic E-state index is 11.8. The van der Waals surface area contributed by atoms with Crippen LogP contribution >= 0.6 is 0 Å². The fraction of sp³-hybridized carbons (Fsp3) is 0.357. The second-order valence-corrected chi connectivity index (χ2v) is 4.45. The van der Waals surface area contributed by atoms with Crippen LogP contribution in [0.25, 0.3) is 10.9 Å². The van der Waals surface area contributed by atoms with Crippen LogP contribution in [0.4, 0.5) is 0 Å². The largest absolute Gasteiger partial charge is 0.469 e. The number of ether oxygens (including phenoxy) is 1. The van der Waals surface area contributed by atoms with Gasteiger partial charge in [0.1, 0.15) is 7.85 Å². The summed E-state index contributed by atoms with van der Waals surface area (Å²) in [7, 11) is 7.03. The van der Waals surface area contributed by atoms with Crippen molar-refractivity contribution in [2.75, 3.05) is 7.11 Å². The zero-order valence-electron chi connectivity index (χ0n) is 11.2. The zero-order valence-corrected chi connectivity index (χ0v) is 11.2. The summed E-state index contributed by atoms with van der Waals surface area (Å²) >= 11 is 0. The van der Waals surface area contributed by atoms with Crippen molar-refractivity contribution in [3.63, 3.8) is 0 Å². The van der Waals surface area contributed by atoms with E-state index in [4.69, 9.17) is 12.3 Å². The number of carbonyl (C=O) groups is 1. The Hall–Kier alpha value is -2.11. The van der Waals surface area contributed by atoms with Crippen LogP contribution in [0.2, 0.25) is 0 Å². The lowest BCUT2D eigenvalue weighted by molar-refractivity contribution is -0.140. The lowest BCUT2D eigenvalue weighted by Gasteiger charge is -2.02. The number of unbranched alkanes of at least 4 members (excludes halogenated alkanes) is 1. The molecule has 0 saturated heterocycles. The molecule has 102 valence electrons. The van der Waals surface area contributed by atoms with E-state index in [1.54, 1.807) is 18.2 Å². The summed E-state index contributed by atoms with van der Waals surface area (Å²) in [5.74, 6) is 0.115. The Kier molecular flexibility index (Phi) is 4.55. The van der Waals surface area contributed by atoms with E-state index < -0.39 is 5.63 Å². The molecule has 2 radical (unpaired) electrons. The Balaban J connectivity index is 2.07. The third kappa shape index (κ3) is 3.47.